The highest BCUT2D eigenvalue weighted by molar-refractivity contribution is 5.81. The van der Waals surface area contributed by atoms with Gasteiger partial charge in [-0.25, -0.2) is 0 Å². The third-order valence-electron chi connectivity index (χ3n) is 2.96. The molecule has 0 aliphatic carbocycles. The van der Waals surface area contributed by atoms with E-state index in [1.54, 1.807) is 0 Å². The number of fused-ring (bicyclic) bond motifs is 1. The zero-order valence-corrected chi connectivity index (χ0v) is 10.4. The van der Waals surface area contributed by atoms with Crippen molar-refractivity contribution in [3.63, 3.8) is 0 Å². The van der Waals surface area contributed by atoms with Crippen LogP contribution in [0.2, 0.25) is 0 Å². The highest BCUT2D eigenvalue weighted by atomic mass is 16.4. The van der Waals surface area contributed by atoms with E-state index in [9.17, 15) is 0 Å². The van der Waals surface area contributed by atoms with Crippen molar-refractivity contribution < 1.29 is 4.42 Å². The summed E-state index contributed by atoms with van der Waals surface area (Å²) in [5.41, 5.74) is 11.9. The molecular formula is C15H14N2O. The summed E-state index contributed by atoms with van der Waals surface area (Å²) in [6, 6.07) is 12.6. The molecule has 0 aliphatic heterocycles. The number of anilines is 1. The Morgan fingerprint density at radius 3 is 2.39 bits per heavy atom. The van der Waals surface area contributed by atoms with E-state index in [4.69, 9.17) is 10.2 Å². The molecular weight excluding hydrogens is 224 g/mol. The first kappa shape index (κ1) is 10.8. The predicted molar refractivity (Wildman–Crippen MR) is 73.3 cm³/mol. The molecule has 0 aliphatic rings. The molecule has 90 valence electrons. The van der Waals surface area contributed by atoms with Crippen molar-refractivity contribution >= 4 is 17.1 Å². The number of nitrogens with zero attached hydrogens (tertiary/aromatic N) is 1. The third kappa shape index (κ3) is 1.84. The maximum absolute atomic E-state index is 5.55. The smallest absolute Gasteiger partial charge is 0.292 e. The number of hydrogen-bond acceptors (Lipinski definition) is 3. The van der Waals surface area contributed by atoms with Gasteiger partial charge in [0.25, 0.3) is 6.01 Å². The summed E-state index contributed by atoms with van der Waals surface area (Å²) < 4.78 is 5.27. The molecule has 0 bridgehead atoms. The van der Waals surface area contributed by atoms with Gasteiger partial charge in [0, 0.05) is 0 Å². The van der Waals surface area contributed by atoms with Gasteiger partial charge < -0.3 is 10.2 Å². The first-order valence-corrected chi connectivity index (χ1v) is 5.86. The number of nitrogens with two attached hydrogens (primary N) is 1. The largest absolute Gasteiger partial charge is 0.424 e. The lowest BCUT2D eigenvalue weighted by Gasteiger charge is -2.04. The van der Waals surface area contributed by atoms with Crippen molar-refractivity contribution in [2.45, 2.75) is 13.8 Å². The Morgan fingerprint density at radius 2 is 1.67 bits per heavy atom. The van der Waals surface area contributed by atoms with Crippen LogP contribution in [0, 0.1) is 13.8 Å². The Labute approximate surface area is 105 Å². The monoisotopic (exact) mass is 238 g/mol. The lowest BCUT2D eigenvalue weighted by Crippen LogP contribution is -1.83. The summed E-state index contributed by atoms with van der Waals surface area (Å²) in [5.74, 6) is 0. The number of hydrogen-bond donors (Lipinski definition) is 1. The normalized spacial score (nSPS) is 11.0. The van der Waals surface area contributed by atoms with Crippen LogP contribution in [0.4, 0.5) is 6.01 Å². The summed E-state index contributed by atoms with van der Waals surface area (Å²) >= 11 is 0. The second-order valence-electron chi connectivity index (χ2n) is 4.61. The first-order chi connectivity index (χ1) is 8.61. The summed E-state index contributed by atoms with van der Waals surface area (Å²) in [6.07, 6.45) is 0. The van der Waals surface area contributed by atoms with E-state index in [0.717, 1.165) is 16.7 Å². The molecule has 0 fully saturated rings. The lowest BCUT2D eigenvalue weighted by atomic mass is 10.0. The molecule has 1 aromatic heterocycles. The average Bonchev–Trinajstić information content (AvgIpc) is 2.66. The van der Waals surface area contributed by atoms with Crippen LogP contribution >= 0.6 is 0 Å². The highest BCUT2D eigenvalue weighted by Crippen LogP contribution is 2.26. The summed E-state index contributed by atoms with van der Waals surface area (Å²) in [6.45, 7) is 4.20. The Balaban J connectivity index is 2.18. The molecule has 0 unspecified atom stereocenters. The van der Waals surface area contributed by atoms with Crippen LogP contribution in [0.3, 0.4) is 0 Å². The number of aryl methyl sites for hydroxylation is 2. The van der Waals surface area contributed by atoms with Crippen LogP contribution in [0.15, 0.2) is 40.8 Å². The van der Waals surface area contributed by atoms with Gasteiger partial charge in [-0.05, 0) is 37.1 Å². The molecule has 0 amide bonds. The summed E-state index contributed by atoms with van der Waals surface area (Å²) in [4.78, 5) is 4.16. The van der Waals surface area contributed by atoms with Gasteiger partial charge in [-0.15, -0.1) is 0 Å². The van der Waals surface area contributed by atoms with Crippen LogP contribution in [0.5, 0.6) is 0 Å². The van der Waals surface area contributed by atoms with Crippen LogP contribution in [-0.4, -0.2) is 4.98 Å². The van der Waals surface area contributed by atoms with Crippen molar-refractivity contribution in [3.8, 4) is 11.1 Å². The highest BCUT2D eigenvalue weighted by Gasteiger charge is 2.05. The number of benzene rings is 2. The van der Waals surface area contributed by atoms with E-state index in [1.807, 2.05) is 18.2 Å². The second kappa shape index (κ2) is 3.88. The number of rotatable bonds is 1. The van der Waals surface area contributed by atoms with Crippen molar-refractivity contribution in [2.24, 2.45) is 0 Å². The minimum atomic E-state index is 0.211. The van der Waals surface area contributed by atoms with Gasteiger partial charge in [0.15, 0.2) is 5.58 Å². The van der Waals surface area contributed by atoms with Crippen LogP contribution in [-0.2, 0) is 0 Å². The minimum absolute atomic E-state index is 0.211. The fourth-order valence-electron chi connectivity index (χ4n) is 2.27. The molecule has 3 nitrogen and oxygen atoms in total. The summed E-state index contributed by atoms with van der Waals surface area (Å²) in [7, 11) is 0. The van der Waals surface area contributed by atoms with Gasteiger partial charge >= 0.3 is 0 Å². The van der Waals surface area contributed by atoms with Crippen LogP contribution in [0.25, 0.3) is 22.2 Å². The van der Waals surface area contributed by atoms with Crippen LogP contribution in [0.1, 0.15) is 11.1 Å². The number of oxazole rings is 1. The lowest BCUT2D eigenvalue weighted by molar-refractivity contribution is 0.626. The second-order valence-corrected chi connectivity index (χ2v) is 4.61. The molecule has 3 rings (SSSR count). The molecule has 0 atom stereocenters. The molecule has 3 heteroatoms. The van der Waals surface area contributed by atoms with E-state index in [-0.39, 0.29) is 6.01 Å². The van der Waals surface area contributed by atoms with Crippen molar-refractivity contribution in [3.05, 3.63) is 47.5 Å². The van der Waals surface area contributed by atoms with Gasteiger partial charge in [0.2, 0.25) is 0 Å². The molecule has 0 saturated heterocycles. The van der Waals surface area contributed by atoms with Gasteiger partial charge in [-0.3, -0.25) is 0 Å². The maximum atomic E-state index is 5.55. The topological polar surface area (TPSA) is 52.0 Å². The molecule has 3 aromatic rings. The Kier molecular flexibility index (Phi) is 2.33. The van der Waals surface area contributed by atoms with E-state index >= 15 is 0 Å². The molecule has 1 heterocycles. The first-order valence-electron chi connectivity index (χ1n) is 5.86. The fourth-order valence-corrected chi connectivity index (χ4v) is 2.27. The molecule has 0 radical (unpaired) electrons. The van der Waals surface area contributed by atoms with Gasteiger partial charge in [0.1, 0.15) is 5.52 Å². The van der Waals surface area contributed by atoms with E-state index in [1.165, 1.54) is 16.7 Å². The minimum Gasteiger partial charge on any atom is -0.424 e. The summed E-state index contributed by atoms with van der Waals surface area (Å²) in [5, 5.41) is 0. The van der Waals surface area contributed by atoms with Gasteiger partial charge in [-0.2, -0.15) is 4.98 Å². The standard InChI is InChI=1S/C15H14N2O/c1-9-5-10(2)7-12(6-9)11-3-4-14-13(8-11)17-15(16)18-14/h3-8H,1-2H3,(H2,16,17). The van der Waals surface area contributed by atoms with Gasteiger partial charge in [0.05, 0.1) is 0 Å². The Hall–Kier alpha value is -2.29. The van der Waals surface area contributed by atoms with Crippen molar-refractivity contribution in [1.82, 2.24) is 4.98 Å². The fraction of sp³-hybridized carbons (Fsp3) is 0.133. The zero-order valence-electron chi connectivity index (χ0n) is 10.4. The van der Waals surface area contributed by atoms with E-state index < -0.39 is 0 Å². The molecule has 2 N–H and O–H groups in total. The maximum Gasteiger partial charge on any atom is 0.292 e. The Morgan fingerprint density at radius 1 is 0.944 bits per heavy atom. The van der Waals surface area contributed by atoms with Gasteiger partial charge in [-0.1, -0.05) is 35.4 Å². The quantitative estimate of drug-likeness (QED) is 0.703. The SMILES string of the molecule is Cc1cc(C)cc(-c2ccc3oc(N)nc3c2)c1. The Bertz CT molecular complexity index is 708. The molecule has 0 spiro atoms. The van der Waals surface area contributed by atoms with E-state index in [2.05, 4.69) is 37.0 Å². The average molecular weight is 238 g/mol. The number of aromatic nitrogens is 1. The zero-order chi connectivity index (χ0) is 12.7. The number of nitrogen functional groups attached to an aromatic ring is 1. The van der Waals surface area contributed by atoms with E-state index in [0.29, 0.717) is 0 Å². The van der Waals surface area contributed by atoms with Crippen molar-refractivity contribution in [2.75, 3.05) is 5.73 Å². The predicted octanol–water partition coefficient (Wildman–Crippen LogP) is 3.69. The molecule has 2 aromatic carbocycles. The van der Waals surface area contributed by atoms with Crippen LogP contribution < -0.4 is 5.73 Å². The molecule has 0 saturated carbocycles. The third-order valence-corrected chi connectivity index (χ3v) is 2.96. The van der Waals surface area contributed by atoms with Crippen molar-refractivity contribution in [1.29, 1.82) is 0 Å². The molecule has 18 heavy (non-hydrogen) atoms.